The topological polar surface area (TPSA) is 15.7 Å². The van der Waals surface area contributed by atoms with E-state index in [2.05, 4.69) is 63.0 Å². The van der Waals surface area contributed by atoms with E-state index in [-0.39, 0.29) is 0 Å². The summed E-state index contributed by atoms with van der Waals surface area (Å²) in [7, 11) is 0. The molecule has 3 rings (SSSR count). The second-order valence-electron chi connectivity index (χ2n) is 6.97. The first-order valence-electron chi connectivity index (χ1n) is 9.64. The molecule has 26 heavy (non-hydrogen) atoms. The first-order valence-corrected chi connectivity index (χ1v) is 10.4. The molecule has 4 heteroatoms. The van der Waals surface area contributed by atoms with Gasteiger partial charge in [-0.3, -0.25) is 0 Å². The van der Waals surface area contributed by atoms with Crippen molar-refractivity contribution in [1.82, 2.24) is 9.80 Å². The van der Waals surface area contributed by atoms with Crippen LogP contribution in [-0.4, -0.2) is 49.1 Å². The number of ether oxygens (including phenoxy) is 1. The Labute approximate surface area is 166 Å². The Kier molecular flexibility index (Phi) is 7.54. The minimum Gasteiger partial charge on any atom is -0.488 e. The maximum Gasteiger partial charge on any atom is 0.134 e. The van der Waals surface area contributed by atoms with Gasteiger partial charge in [0.1, 0.15) is 12.4 Å². The van der Waals surface area contributed by atoms with Gasteiger partial charge in [-0.1, -0.05) is 43.3 Å². The summed E-state index contributed by atoms with van der Waals surface area (Å²) in [6.45, 7) is 10.0. The standard InChI is InChI=1S/C22H29BrN2O/c1-2-11-24-13-15-25(16-14-24)12-10-19-8-9-22(21(23)17-19)26-18-20-6-4-3-5-7-20/h3-9,17H,2,10-16,18H2,1H3. The van der Waals surface area contributed by atoms with Gasteiger partial charge in [0.15, 0.2) is 0 Å². The van der Waals surface area contributed by atoms with Gasteiger partial charge in [-0.15, -0.1) is 0 Å². The molecule has 0 unspecified atom stereocenters. The molecule has 1 aliphatic heterocycles. The summed E-state index contributed by atoms with van der Waals surface area (Å²) < 4.78 is 6.98. The first kappa shape index (κ1) is 19.4. The van der Waals surface area contributed by atoms with Crippen molar-refractivity contribution in [3.63, 3.8) is 0 Å². The molecule has 0 N–H and O–H groups in total. The van der Waals surface area contributed by atoms with Gasteiger partial charge in [-0.2, -0.15) is 0 Å². The maximum absolute atomic E-state index is 5.94. The van der Waals surface area contributed by atoms with E-state index in [1.54, 1.807) is 0 Å². The lowest BCUT2D eigenvalue weighted by molar-refractivity contribution is 0.133. The fourth-order valence-corrected chi connectivity index (χ4v) is 3.93. The van der Waals surface area contributed by atoms with Gasteiger partial charge in [0.25, 0.3) is 0 Å². The Bertz CT molecular complexity index is 669. The lowest BCUT2D eigenvalue weighted by Crippen LogP contribution is -2.46. The van der Waals surface area contributed by atoms with Crippen LogP contribution >= 0.6 is 15.9 Å². The molecular weight excluding hydrogens is 388 g/mol. The molecule has 1 heterocycles. The predicted octanol–water partition coefficient (Wildman–Crippen LogP) is 4.60. The first-order chi connectivity index (χ1) is 12.7. The van der Waals surface area contributed by atoms with Gasteiger partial charge >= 0.3 is 0 Å². The van der Waals surface area contributed by atoms with Crippen molar-refractivity contribution >= 4 is 15.9 Å². The summed E-state index contributed by atoms with van der Waals surface area (Å²) in [5.41, 5.74) is 2.55. The predicted molar refractivity (Wildman–Crippen MR) is 112 cm³/mol. The molecule has 140 valence electrons. The molecule has 2 aromatic rings. The number of piperazine rings is 1. The number of hydrogen-bond acceptors (Lipinski definition) is 3. The minimum absolute atomic E-state index is 0.598. The molecule has 0 aliphatic carbocycles. The Hall–Kier alpha value is -1.36. The zero-order valence-corrected chi connectivity index (χ0v) is 17.2. The third kappa shape index (κ3) is 5.83. The van der Waals surface area contributed by atoms with Crippen molar-refractivity contribution in [2.45, 2.75) is 26.4 Å². The highest BCUT2D eigenvalue weighted by Gasteiger charge is 2.15. The molecular formula is C22H29BrN2O. The summed E-state index contributed by atoms with van der Waals surface area (Å²) in [5, 5.41) is 0. The molecule has 0 radical (unpaired) electrons. The van der Waals surface area contributed by atoms with Gasteiger partial charge in [0, 0.05) is 32.7 Å². The highest BCUT2D eigenvalue weighted by Crippen LogP contribution is 2.27. The van der Waals surface area contributed by atoms with Gasteiger partial charge in [0.05, 0.1) is 4.47 Å². The van der Waals surface area contributed by atoms with E-state index in [0.717, 1.165) is 23.2 Å². The molecule has 0 saturated carbocycles. The molecule has 0 atom stereocenters. The average molecular weight is 417 g/mol. The summed E-state index contributed by atoms with van der Waals surface area (Å²) in [6, 6.07) is 16.8. The summed E-state index contributed by atoms with van der Waals surface area (Å²) >= 11 is 3.67. The van der Waals surface area contributed by atoms with Crippen LogP contribution in [0.4, 0.5) is 0 Å². The van der Waals surface area contributed by atoms with Crippen molar-refractivity contribution in [3.05, 3.63) is 64.1 Å². The van der Waals surface area contributed by atoms with E-state index in [9.17, 15) is 0 Å². The Morgan fingerprint density at radius 3 is 2.23 bits per heavy atom. The van der Waals surface area contributed by atoms with Crippen LogP contribution in [0.1, 0.15) is 24.5 Å². The molecule has 3 nitrogen and oxygen atoms in total. The molecule has 1 aliphatic rings. The summed E-state index contributed by atoms with van der Waals surface area (Å²) in [6.07, 6.45) is 2.35. The van der Waals surface area contributed by atoms with Gasteiger partial charge in [0.2, 0.25) is 0 Å². The lowest BCUT2D eigenvalue weighted by Gasteiger charge is -2.34. The third-order valence-electron chi connectivity index (χ3n) is 4.95. The number of halogens is 1. The second kappa shape index (κ2) is 10.1. The number of hydrogen-bond donors (Lipinski definition) is 0. The Morgan fingerprint density at radius 2 is 1.58 bits per heavy atom. The van der Waals surface area contributed by atoms with E-state index < -0.39 is 0 Å². The van der Waals surface area contributed by atoms with Crippen molar-refractivity contribution < 1.29 is 4.74 Å². The minimum atomic E-state index is 0.598. The van der Waals surface area contributed by atoms with E-state index in [1.165, 1.54) is 50.3 Å². The van der Waals surface area contributed by atoms with E-state index in [0.29, 0.717) is 6.61 Å². The highest BCUT2D eigenvalue weighted by atomic mass is 79.9. The summed E-state index contributed by atoms with van der Waals surface area (Å²) in [5.74, 6) is 0.908. The largest absolute Gasteiger partial charge is 0.488 e. The van der Waals surface area contributed by atoms with Crippen LogP contribution in [0, 0.1) is 0 Å². The summed E-state index contributed by atoms with van der Waals surface area (Å²) in [4.78, 5) is 5.16. The van der Waals surface area contributed by atoms with Crippen molar-refractivity contribution in [2.75, 3.05) is 39.3 Å². The fraction of sp³-hybridized carbons (Fsp3) is 0.455. The van der Waals surface area contributed by atoms with E-state index >= 15 is 0 Å². The van der Waals surface area contributed by atoms with Crippen LogP contribution < -0.4 is 4.74 Å². The Balaban J connectivity index is 1.45. The Morgan fingerprint density at radius 1 is 0.885 bits per heavy atom. The number of benzene rings is 2. The smallest absolute Gasteiger partial charge is 0.134 e. The molecule has 0 spiro atoms. The zero-order chi connectivity index (χ0) is 18.2. The quantitative estimate of drug-likeness (QED) is 0.625. The molecule has 0 amide bonds. The van der Waals surface area contributed by atoms with Gasteiger partial charge in [-0.05, 0) is 58.6 Å². The maximum atomic E-state index is 5.94. The molecule has 2 aromatic carbocycles. The molecule has 1 saturated heterocycles. The monoisotopic (exact) mass is 416 g/mol. The SMILES string of the molecule is CCCN1CCN(CCc2ccc(OCc3ccccc3)c(Br)c2)CC1. The van der Waals surface area contributed by atoms with Crippen LogP contribution in [-0.2, 0) is 13.0 Å². The van der Waals surface area contributed by atoms with Crippen molar-refractivity contribution in [3.8, 4) is 5.75 Å². The van der Waals surface area contributed by atoms with Crippen LogP contribution in [0.5, 0.6) is 5.75 Å². The number of nitrogens with zero attached hydrogens (tertiary/aromatic N) is 2. The van der Waals surface area contributed by atoms with E-state index in [1.807, 2.05) is 18.2 Å². The number of rotatable bonds is 8. The van der Waals surface area contributed by atoms with Gasteiger partial charge in [-0.25, -0.2) is 0 Å². The molecule has 0 aromatic heterocycles. The van der Waals surface area contributed by atoms with E-state index in [4.69, 9.17) is 4.74 Å². The second-order valence-corrected chi connectivity index (χ2v) is 7.83. The van der Waals surface area contributed by atoms with Crippen molar-refractivity contribution in [1.29, 1.82) is 0 Å². The average Bonchev–Trinajstić information content (AvgIpc) is 2.68. The molecule has 1 fully saturated rings. The normalized spacial score (nSPS) is 15.9. The third-order valence-corrected chi connectivity index (χ3v) is 5.57. The highest BCUT2D eigenvalue weighted by molar-refractivity contribution is 9.10. The van der Waals surface area contributed by atoms with Crippen LogP contribution in [0.2, 0.25) is 0 Å². The van der Waals surface area contributed by atoms with Crippen LogP contribution in [0.15, 0.2) is 53.0 Å². The molecule has 0 bridgehead atoms. The van der Waals surface area contributed by atoms with Crippen LogP contribution in [0.3, 0.4) is 0 Å². The zero-order valence-electron chi connectivity index (χ0n) is 15.7. The van der Waals surface area contributed by atoms with Crippen molar-refractivity contribution in [2.24, 2.45) is 0 Å². The fourth-order valence-electron chi connectivity index (χ4n) is 3.39. The van der Waals surface area contributed by atoms with Gasteiger partial charge < -0.3 is 14.5 Å². The van der Waals surface area contributed by atoms with Crippen LogP contribution in [0.25, 0.3) is 0 Å². The lowest BCUT2D eigenvalue weighted by atomic mass is 10.1.